The lowest BCUT2D eigenvalue weighted by molar-refractivity contribution is 0.342. The van der Waals surface area contributed by atoms with E-state index < -0.39 is 0 Å². The molecule has 0 N–H and O–H groups in total. The Morgan fingerprint density at radius 1 is 1.12 bits per heavy atom. The second-order valence-corrected chi connectivity index (χ2v) is 4.71. The van der Waals surface area contributed by atoms with Gasteiger partial charge in [-0.15, -0.1) is 11.6 Å². The van der Waals surface area contributed by atoms with Crippen molar-refractivity contribution in [1.29, 1.82) is 0 Å². The molecule has 0 aliphatic heterocycles. The van der Waals surface area contributed by atoms with Gasteiger partial charge in [-0.05, 0) is 36.0 Å². The van der Waals surface area contributed by atoms with Gasteiger partial charge < -0.3 is 4.74 Å². The molecular weight excluding hydrogens is 220 g/mol. The topological polar surface area (TPSA) is 9.23 Å². The van der Waals surface area contributed by atoms with Crippen LogP contribution in [-0.2, 0) is 5.41 Å². The van der Waals surface area contributed by atoms with E-state index in [2.05, 4.69) is 32.9 Å². The van der Waals surface area contributed by atoms with E-state index in [1.54, 1.807) is 0 Å². The maximum absolute atomic E-state index is 5.58. The molecule has 0 unspecified atom stereocenters. The lowest BCUT2D eigenvalue weighted by Crippen LogP contribution is -2.19. The predicted molar refractivity (Wildman–Crippen MR) is 70.6 cm³/mol. The van der Waals surface area contributed by atoms with Gasteiger partial charge in [0, 0.05) is 0 Å². The van der Waals surface area contributed by atoms with Crippen molar-refractivity contribution in [3.63, 3.8) is 0 Å². The first kappa shape index (κ1) is 13.4. The standard InChI is InChI=1S/C14H21ClO/c1-4-14(3,5-2)12-6-8-13(9-7-12)16-11-10-15/h6-9H,4-5,10-11H2,1-3H3. The number of hydrogen-bond acceptors (Lipinski definition) is 1. The Morgan fingerprint density at radius 3 is 2.12 bits per heavy atom. The molecule has 90 valence electrons. The van der Waals surface area contributed by atoms with Gasteiger partial charge in [-0.1, -0.05) is 32.9 Å². The SMILES string of the molecule is CCC(C)(CC)c1ccc(OCCCl)cc1. The van der Waals surface area contributed by atoms with Crippen molar-refractivity contribution in [2.45, 2.75) is 39.0 Å². The molecule has 2 heteroatoms. The zero-order valence-electron chi connectivity index (χ0n) is 10.4. The Hall–Kier alpha value is -0.690. The summed E-state index contributed by atoms with van der Waals surface area (Å²) in [5.74, 6) is 1.43. The first-order valence-electron chi connectivity index (χ1n) is 5.95. The fourth-order valence-electron chi connectivity index (χ4n) is 1.77. The van der Waals surface area contributed by atoms with Crippen LogP contribution < -0.4 is 4.74 Å². The smallest absolute Gasteiger partial charge is 0.119 e. The Kier molecular flexibility index (Phi) is 5.14. The summed E-state index contributed by atoms with van der Waals surface area (Å²) >= 11 is 5.58. The summed E-state index contributed by atoms with van der Waals surface area (Å²) in [7, 11) is 0. The molecule has 1 aromatic rings. The average Bonchev–Trinajstić information content (AvgIpc) is 2.36. The van der Waals surface area contributed by atoms with E-state index in [-0.39, 0.29) is 5.41 Å². The van der Waals surface area contributed by atoms with Crippen molar-refractivity contribution >= 4 is 11.6 Å². The first-order chi connectivity index (χ1) is 7.66. The monoisotopic (exact) mass is 240 g/mol. The lowest BCUT2D eigenvalue weighted by atomic mass is 9.78. The summed E-state index contributed by atoms with van der Waals surface area (Å²) in [5.41, 5.74) is 1.67. The minimum atomic E-state index is 0.283. The van der Waals surface area contributed by atoms with E-state index in [1.165, 1.54) is 5.56 Å². The van der Waals surface area contributed by atoms with E-state index in [0.717, 1.165) is 18.6 Å². The van der Waals surface area contributed by atoms with E-state index in [0.29, 0.717) is 12.5 Å². The predicted octanol–water partition coefficient (Wildman–Crippen LogP) is 4.38. The lowest BCUT2D eigenvalue weighted by Gasteiger charge is -2.27. The normalized spacial score (nSPS) is 11.5. The Balaban J connectivity index is 2.77. The third kappa shape index (κ3) is 3.15. The van der Waals surface area contributed by atoms with Crippen molar-refractivity contribution in [2.24, 2.45) is 0 Å². The van der Waals surface area contributed by atoms with Crippen LogP contribution in [0.5, 0.6) is 5.75 Å². The molecule has 0 atom stereocenters. The second kappa shape index (κ2) is 6.15. The van der Waals surface area contributed by atoms with Gasteiger partial charge in [-0.3, -0.25) is 0 Å². The molecule has 0 aliphatic rings. The summed E-state index contributed by atoms with van der Waals surface area (Å²) in [4.78, 5) is 0. The van der Waals surface area contributed by atoms with Gasteiger partial charge in [0.05, 0.1) is 5.88 Å². The molecule has 0 bridgehead atoms. The fourth-order valence-corrected chi connectivity index (χ4v) is 1.85. The van der Waals surface area contributed by atoms with Crippen LogP contribution in [0.2, 0.25) is 0 Å². The third-order valence-electron chi connectivity index (χ3n) is 3.46. The largest absolute Gasteiger partial charge is 0.492 e. The van der Waals surface area contributed by atoms with Gasteiger partial charge in [0.25, 0.3) is 0 Å². The number of hydrogen-bond donors (Lipinski definition) is 0. The van der Waals surface area contributed by atoms with Crippen LogP contribution >= 0.6 is 11.6 Å². The highest BCUT2D eigenvalue weighted by atomic mass is 35.5. The first-order valence-corrected chi connectivity index (χ1v) is 6.49. The van der Waals surface area contributed by atoms with Crippen LogP contribution in [0.15, 0.2) is 24.3 Å². The van der Waals surface area contributed by atoms with Crippen molar-refractivity contribution in [3.05, 3.63) is 29.8 Å². The Labute approximate surface area is 104 Å². The minimum Gasteiger partial charge on any atom is -0.492 e. The molecule has 16 heavy (non-hydrogen) atoms. The molecule has 0 amide bonds. The minimum absolute atomic E-state index is 0.283. The maximum atomic E-state index is 5.58. The molecular formula is C14H21ClO. The van der Waals surface area contributed by atoms with Crippen LogP contribution in [0.3, 0.4) is 0 Å². The highest BCUT2D eigenvalue weighted by Crippen LogP contribution is 2.31. The van der Waals surface area contributed by atoms with Crippen molar-refractivity contribution in [2.75, 3.05) is 12.5 Å². The molecule has 1 rings (SSSR count). The summed E-state index contributed by atoms with van der Waals surface area (Å²) in [6, 6.07) is 8.39. The Bertz CT molecular complexity index is 301. The van der Waals surface area contributed by atoms with Crippen LogP contribution in [-0.4, -0.2) is 12.5 Å². The van der Waals surface area contributed by atoms with E-state index in [4.69, 9.17) is 16.3 Å². The van der Waals surface area contributed by atoms with E-state index in [9.17, 15) is 0 Å². The highest BCUT2D eigenvalue weighted by molar-refractivity contribution is 6.17. The number of alkyl halides is 1. The number of ether oxygens (including phenoxy) is 1. The van der Waals surface area contributed by atoms with Crippen LogP contribution in [0, 0.1) is 0 Å². The highest BCUT2D eigenvalue weighted by Gasteiger charge is 2.21. The van der Waals surface area contributed by atoms with Gasteiger partial charge in [0.2, 0.25) is 0 Å². The maximum Gasteiger partial charge on any atom is 0.119 e. The molecule has 1 nitrogen and oxygen atoms in total. The molecule has 0 fully saturated rings. The molecule has 0 heterocycles. The van der Waals surface area contributed by atoms with Gasteiger partial charge in [-0.25, -0.2) is 0 Å². The molecule has 0 aromatic heterocycles. The number of benzene rings is 1. The fraction of sp³-hybridized carbons (Fsp3) is 0.571. The van der Waals surface area contributed by atoms with Gasteiger partial charge >= 0.3 is 0 Å². The zero-order valence-corrected chi connectivity index (χ0v) is 11.2. The summed E-state index contributed by atoms with van der Waals surface area (Å²) < 4.78 is 5.46. The zero-order chi connectivity index (χ0) is 12.0. The summed E-state index contributed by atoms with van der Waals surface area (Å²) in [6.07, 6.45) is 2.32. The molecule has 0 radical (unpaired) electrons. The molecule has 0 saturated carbocycles. The van der Waals surface area contributed by atoms with Crippen molar-refractivity contribution in [1.82, 2.24) is 0 Å². The molecule has 0 aliphatic carbocycles. The van der Waals surface area contributed by atoms with Gasteiger partial charge in [-0.2, -0.15) is 0 Å². The van der Waals surface area contributed by atoms with E-state index >= 15 is 0 Å². The molecule has 0 saturated heterocycles. The van der Waals surface area contributed by atoms with E-state index in [1.807, 2.05) is 12.1 Å². The second-order valence-electron chi connectivity index (χ2n) is 4.33. The van der Waals surface area contributed by atoms with Crippen LogP contribution in [0.4, 0.5) is 0 Å². The number of halogens is 1. The summed E-state index contributed by atoms with van der Waals surface area (Å²) in [6.45, 7) is 7.35. The molecule has 1 aromatic carbocycles. The van der Waals surface area contributed by atoms with Crippen LogP contribution in [0.25, 0.3) is 0 Å². The van der Waals surface area contributed by atoms with Crippen molar-refractivity contribution < 1.29 is 4.74 Å². The van der Waals surface area contributed by atoms with Crippen molar-refractivity contribution in [3.8, 4) is 5.75 Å². The quantitative estimate of drug-likeness (QED) is 0.671. The van der Waals surface area contributed by atoms with Gasteiger partial charge in [0.1, 0.15) is 12.4 Å². The Morgan fingerprint density at radius 2 is 1.69 bits per heavy atom. The van der Waals surface area contributed by atoms with Crippen LogP contribution in [0.1, 0.15) is 39.2 Å². The molecule has 0 spiro atoms. The van der Waals surface area contributed by atoms with Gasteiger partial charge in [0.15, 0.2) is 0 Å². The third-order valence-corrected chi connectivity index (χ3v) is 3.61. The summed E-state index contributed by atoms with van der Waals surface area (Å²) in [5, 5.41) is 0. The number of rotatable bonds is 6. The average molecular weight is 241 g/mol.